The van der Waals surface area contributed by atoms with Gasteiger partial charge in [-0.15, -0.1) is 0 Å². The smallest absolute Gasteiger partial charge is 0.141 e. The van der Waals surface area contributed by atoms with Crippen LogP contribution in [0.25, 0.3) is 0 Å². The monoisotopic (exact) mass is 323 g/mol. The molecule has 0 radical (unpaired) electrons. The molecule has 0 fully saturated rings. The van der Waals surface area contributed by atoms with Gasteiger partial charge in [-0.05, 0) is 52.2 Å². The molecule has 3 nitrogen and oxygen atoms in total. The lowest BCUT2D eigenvalue weighted by Crippen LogP contribution is -2.23. The Bertz CT molecular complexity index is 502. The van der Waals surface area contributed by atoms with Crippen molar-refractivity contribution in [3.63, 3.8) is 0 Å². The highest BCUT2D eigenvalue weighted by molar-refractivity contribution is 9.10. The largest absolute Gasteiger partial charge is 0.306 e. The predicted octanol–water partition coefficient (Wildman–Crippen LogP) is 3.47. The van der Waals surface area contributed by atoms with Gasteiger partial charge in [0.05, 0.1) is 12.2 Å². The van der Waals surface area contributed by atoms with Crippen molar-refractivity contribution >= 4 is 15.9 Å². The van der Waals surface area contributed by atoms with Crippen LogP contribution in [0, 0.1) is 5.82 Å². The third kappa shape index (κ3) is 3.81. The Balaban J connectivity index is 2.35. The molecule has 2 rings (SSSR count). The summed E-state index contributed by atoms with van der Waals surface area (Å²) in [6.07, 6.45) is 7.39. The highest BCUT2D eigenvalue weighted by atomic mass is 79.9. The molecule has 1 N–H and O–H groups in total. The Kier molecular flexibility index (Phi) is 4.99. The second kappa shape index (κ2) is 6.73. The van der Waals surface area contributed by atoms with Crippen LogP contribution < -0.4 is 5.32 Å². The van der Waals surface area contributed by atoms with Crippen LogP contribution in [-0.4, -0.2) is 16.5 Å². The van der Waals surface area contributed by atoms with Crippen molar-refractivity contribution < 1.29 is 4.39 Å². The van der Waals surface area contributed by atoms with Gasteiger partial charge in [0.15, 0.2) is 0 Å². The Labute approximate surface area is 120 Å². The second-order valence-electron chi connectivity index (χ2n) is 4.26. The van der Waals surface area contributed by atoms with Crippen LogP contribution in [0.1, 0.15) is 30.5 Å². The molecule has 2 aromatic rings. The Morgan fingerprint density at radius 3 is 2.47 bits per heavy atom. The van der Waals surface area contributed by atoms with E-state index in [2.05, 4.69) is 38.1 Å². The van der Waals surface area contributed by atoms with E-state index in [0.29, 0.717) is 0 Å². The van der Waals surface area contributed by atoms with Gasteiger partial charge in [-0.1, -0.05) is 6.92 Å². The van der Waals surface area contributed by atoms with Crippen molar-refractivity contribution in [3.05, 3.63) is 58.3 Å². The molecule has 0 spiro atoms. The summed E-state index contributed by atoms with van der Waals surface area (Å²) in [5.41, 5.74) is 1.78. The molecular weight excluding hydrogens is 309 g/mol. The molecule has 100 valence electrons. The topological polar surface area (TPSA) is 37.8 Å². The molecule has 0 aliphatic heterocycles. The minimum atomic E-state index is -0.330. The maximum absolute atomic E-state index is 13.3. The lowest BCUT2D eigenvalue weighted by atomic mass is 10.0. The van der Waals surface area contributed by atoms with Gasteiger partial charge in [0, 0.05) is 23.1 Å². The van der Waals surface area contributed by atoms with Gasteiger partial charge in [0.2, 0.25) is 0 Å². The van der Waals surface area contributed by atoms with Crippen molar-refractivity contribution in [2.24, 2.45) is 0 Å². The van der Waals surface area contributed by atoms with Crippen LogP contribution in [0.15, 0.2) is 41.4 Å². The fraction of sp³-hybridized carbons (Fsp3) is 0.286. The molecule has 2 heterocycles. The number of pyridine rings is 2. The van der Waals surface area contributed by atoms with Crippen LogP contribution in [0.3, 0.4) is 0 Å². The van der Waals surface area contributed by atoms with Gasteiger partial charge in [-0.25, -0.2) is 4.39 Å². The highest BCUT2D eigenvalue weighted by Gasteiger charge is 2.15. The third-order valence-corrected chi connectivity index (χ3v) is 3.15. The summed E-state index contributed by atoms with van der Waals surface area (Å²) in [6, 6.07) is 3.38. The van der Waals surface area contributed by atoms with E-state index in [1.807, 2.05) is 6.07 Å². The summed E-state index contributed by atoms with van der Waals surface area (Å²) in [7, 11) is 0. The van der Waals surface area contributed by atoms with Crippen LogP contribution in [0.2, 0.25) is 0 Å². The molecule has 0 bridgehead atoms. The molecule has 1 atom stereocenters. The van der Waals surface area contributed by atoms with Crippen molar-refractivity contribution in [2.75, 3.05) is 6.54 Å². The average molecular weight is 324 g/mol. The minimum Gasteiger partial charge on any atom is -0.306 e. The first-order chi connectivity index (χ1) is 9.20. The van der Waals surface area contributed by atoms with E-state index >= 15 is 0 Å². The summed E-state index contributed by atoms with van der Waals surface area (Å²) in [6.45, 7) is 2.93. The fourth-order valence-corrected chi connectivity index (χ4v) is 2.27. The molecule has 0 saturated heterocycles. The van der Waals surface area contributed by atoms with Crippen molar-refractivity contribution in [1.82, 2.24) is 15.3 Å². The van der Waals surface area contributed by atoms with Gasteiger partial charge >= 0.3 is 0 Å². The number of nitrogens with zero attached hydrogens (tertiary/aromatic N) is 2. The highest BCUT2D eigenvalue weighted by Crippen LogP contribution is 2.23. The van der Waals surface area contributed by atoms with E-state index < -0.39 is 0 Å². The standard InChI is InChI=1S/C14H15BrFN3/c1-2-3-19-14(10-4-12(15)8-17-6-10)11-5-13(16)9-18-7-11/h4-9,14,19H,2-3H2,1H3. The van der Waals surface area contributed by atoms with Gasteiger partial charge < -0.3 is 5.32 Å². The summed E-state index contributed by atoms with van der Waals surface area (Å²) in [5.74, 6) is -0.330. The molecule has 0 amide bonds. The zero-order valence-corrected chi connectivity index (χ0v) is 12.2. The van der Waals surface area contributed by atoms with E-state index in [4.69, 9.17) is 0 Å². The number of hydrogen-bond acceptors (Lipinski definition) is 3. The number of hydrogen-bond donors (Lipinski definition) is 1. The van der Waals surface area contributed by atoms with Crippen molar-refractivity contribution in [2.45, 2.75) is 19.4 Å². The van der Waals surface area contributed by atoms with E-state index in [1.165, 1.54) is 12.3 Å². The molecule has 2 aromatic heterocycles. The zero-order chi connectivity index (χ0) is 13.7. The first-order valence-corrected chi connectivity index (χ1v) is 6.94. The van der Waals surface area contributed by atoms with Gasteiger partial charge in [-0.3, -0.25) is 9.97 Å². The van der Waals surface area contributed by atoms with Crippen LogP contribution in [-0.2, 0) is 0 Å². The molecule has 1 unspecified atom stereocenters. The van der Waals surface area contributed by atoms with E-state index in [1.54, 1.807) is 18.6 Å². The molecule has 5 heteroatoms. The summed E-state index contributed by atoms with van der Waals surface area (Å²) >= 11 is 3.41. The second-order valence-corrected chi connectivity index (χ2v) is 5.18. The summed E-state index contributed by atoms with van der Waals surface area (Å²) in [5, 5.41) is 3.39. The SMILES string of the molecule is CCCNC(c1cncc(F)c1)c1cncc(Br)c1. The molecule has 0 aliphatic rings. The average Bonchev–Trinajstić information content (AvgIpc) is 2.39. The van der Waals surface area contributed by atoms with E-state index in [0.717, 1.165) is 28.6 Å². The Morgan fingerprint density at radius 2 is 1.84 bits per heavy atom. The number of rotatable bonds is 5. The van der Waals surface area contributed by atoms with Crippen molar-refractivity contribution in [1.29, 1.82) is 0 Å². The maximum Gasteiger partial charge on any atom is 0.141 e. The van der Waals surface area contributed by atoms with E-state index in [-0.39, 0.29) is 11.9 Å². The Morgan fingerprint density at radius 1 is 1.16 bits per heavy atom. The lowest BCUT2D eigenvalue weighted by Gasteiger charge is -2.19. The van der Waals surface area contributed by atoms with Crippen LogP contribution in [0.5, 0.6) is 0 Å². The van der Waals surface area contributed by atoms with Gasteiger partial charge in [0.25, 0.3) is 0 Å². The molecular formula is C14H15BrFN3. The minimum absolute atomic E-state index is 0.104. The number of aromatic nitrogens is 2. The predicted molar refractivity (Wildman–Crippen MR) is 76.3 cm³/mol. The first-order valence-electron chi connectivity index (χ1n) is 6.15. The Hall–Kier alpha value is -1.33. The normalized spacial score (nSPS) is 12.4. The maximum atomic E-state index is 13.3. The number of halogens is 2. The zero-order valence-electron chi connectivity index (χ0n) is 10.6. The molecule has 0 aliphatic carbocycles. The number of nitrogens with one attached hydrogen (secondary N) is 1. The molecule has 0 saturated carbocycles. The first kappa shape index (κ1) is 14.1. The molecule has 19 heavy (non-hydrogen) atoms. The van der Waals surface area contributed by atoms with Gasteiger partial charge in [0.1, 0.15) is 5.82 Å². The molecule has 0 aromatic carbocycles. The fourth-order valence-electron chi connectivity index (χ4n) is 1.89. The van der Waals surface area contributed by atoms with Gasteiger partial charge in [-0.2, -0.15) is 0 Å². The van der Waals surface area contributed by atoms with E-state index in [9.17, 15) is 4.39 Å². The summed E-state index contributed by atoms with van der Waals surface area (Å²) < 4.78 is 14.2. The van der Waals surface area contributed by atoms with Crippen molar-refractivity contribution in [3.8, 4) is 0 Å². The quantitative estimate of drug-likeness (QED) is 0.915. The van der Waals surface area contributed by atoms with Crippen LogP contribution in [0.4, 0.5) is 4.39 Å². The van der Waals surface area contributed by atoms with Crippen LogP contribution >= 0.6 is 15.9 Å². The lowest BCUT2D eigenvalue weighted by molar-refractivity contribution is 0.579. The summed E-state index contributed by atoms with van der Waals surface area (Å²) in [4.78, 5) is 8.07. The third-order valence-electron chi connectivity index (χ3n) is 2.72.